The Morgan fingerprint density at radius 3 is 2.60 bits per heavy atom. The SMILES string of the molecule is OCc1c(-c2ccc3ccccc3c2)noc1-c1cc(Br)ccc1F. The minimum atomic E-state index is -0.431. The number of hydrogen-bond acceptors (Lipinski definition) is 3. The fourth-order valence-electron chi connectivity index (χ4n) is 2.90. The van der Waals surface area contributed by atoms with E-state index in [1.807, 2.05) is 42.5 Å². The van der Waals surface area contributed by atoms with Gasteiger partial charge in [-0.05, 0) is 35.0 Å². The van der Waals surface area contributed by atoms with Crippen molar-refractivity contribution in [2.75, 3.05) is 0 Å². The summed E-state index contributed by atoms with van der Waals surface area (Å²) in [5, 5.41) is 16.1. The highest BCUT2D eigenvalue weighted by molar-refractivity contribution is 9.10. The van der Waals surface area contributed by atoms with Crippen LogP contribution in [0.25, 0.3) is 33.4 Å². The predicted molar refractivity (Wildman–Crippen MR) is 98.5 cm³/mol. The Bertz CT molecular complexity index is 1070. The Labute approximate surface area is 151 Å². The summed E-state index contributed by atoms with van der Waals surface area (Å²) in [7, 11) is 0. The Hall–Kier alpha value is -2.50. The molecule has 1 heterocycles. The summed E-state index contributed by atoms with van der Waals surface area (Å²) in [5.41, 5.74) is 2.06. The quantitative estimate of drug-likeness (QED) is 0.492. The van der Waals surface area contributed by atoms with Gasteiger partial charge in [0.05, 0.1) is 17.7 Å². The Balaban J connectivity index is 1.88. The van der Waals surface area contributed by atoms with E-state index in [1.54, 1.807) is 12.1 Å². The predicted octanol–water partition coefficient (Wildman–Crippen LogP) is 5.56. The minimum Gasteiger partial charge on any atom is -0.391 e. The van der Waals surface area contributed by atoms with Gasteiger partial charge in [-0.25, -0.2) is 4.39 Å². The van der Waals surface area contributed by atoms with Gasteiger partial charge in [0.25, 0.3) is 0 Å². The van der Waals surface area contributed by atoms with Crippen molar-refractivity contribution in [2.24, 2.45) is 0 Å². The molecule has 0 radical (unpaired) electrons. The maximum absolute atomic E-state index is 14.2. The first-order valence-electron chi connectivity index (χ1n) is 7.71. The average molecular weight is 398 g/mol. The van der Waals surface area contributed by atoms with E-state index >= 15 is 0 Å². The lowest BCUT2D eigenvalue weighted by Gasteiger charge is -2.04. The molecule has 0 amide bonds. The third-order valence-corrected chi connectivity index (χ3v) is 4.64. The molecule has 0 spiro atoms. The molecule has 0 bridgehead atoms. The molecule has 0 aliphatic rings. The van der Waals surface area contributed by atoms with E-state index in [0.29, 0.717) is 11.3 Å². The number of fused-ring (bicyclic) bond motifs is 1. The molecular formula is C20H13BrFNO2. The van der Waals surface area contributed by atoms with Crippen molar-refractivity contribution in [3.05, 3.63) is 76.5 Å². The van der Waals surface area contributed by atoms with Gasteiger partial charge in [-0.2, -0.15) is 0 Å². The van der Waals surface area contributed by atoms with E-state index in [2.05, 4.69) is 21.1 Å². The van der Waals surface area contributed by atoms with Gasteiger partial charge in [0, 0.05) is 10.0 Å². The largest absolute Gasteiger partial charge is 0.391 e. The van der Waals surface area contributed by atoms with Crippen molar-refractivity contribution in [3.8, 4) is 22.6 Å². The Morgan fingerprint density at radius 1 is 1.00 bits per heavy atom. The second-order valence-electron chi connectivity index (χ2n) is 5.68. The van der Waals surface area contributed by atoms with Crippen molar-refractivity contribution in [1.29, 1.82) is 0 Å². The molecule has 124 valence electrons. The third kappa shape index (κ3) is 2.86. The molecule has 1 aromatic heterocycles. The van der Waals surface area contributed by atoms with Gasteiger partial charge in [-0.1, -0.05) is 57.5 Å². The summed E-state index contributed by atoms with van der Waals surface area (Å²) >= 11 is 3.33. The number of hydrogen-bond donors (Lipinski definition) is 1. The van der Waals surface area contributed by atoms with E-state index in [9.17, 15) is 9.50 Å². The molecule has 0 saturated heterocycles. The fraction of sp³-hybridized carbons (Fsp3) is 0.0500. The molecule has 4 rings (SSSR count). The number of halogens is 2. The molecule has 25 heavy (non-hydrogen) atoms. The molecule has 4 aromatic rings. The smallest absolute Gasteiger partial charge is 0.175 e. The summed E-state index contributed by atoms with van der Waals surface area (Å²) in [6.45, 7) is -0.299. The summed E-state index contributed by atoms with van der Waals surface area (Å²) in [6.07, 6.45) is 0. The van der Waals surface area contributed by atoms with Gasteiger partial charge in [-0.15, -0.1) is 0 Å². The second-order valence-corrected chi connectivity index (χ2v) is 6.60. The lowest BCUT2D eigenvalue weighted by Crippen LogP contribution is -1.91. The number of nitrogens with zero attached hydrogens (tertiary/aromatic N) is 1. The van der Waals surface area contributed by atoms with Crippen molar-refractivity contribution >= 4 is 26.7 Å². The monoisotopic (exact) mass is 397 g/mol. The first-order chi connectivity index (χ1) is 12.2. The molecule has 5 heteroatoms. The van der Waals surface area contributed by atoms with Crippen molar-refractivity contribution in [1.82, 2.24) is 5.16 Å². The number of aliphatic hydroxyl groups is 1. The maximum atomic E-state index is 14.2. The van der Waals surface area contributed by atoms with Crippen molar-refractivity contribution < 1.29 is 14.0 Å². The van der Waals surface area contributed by atoms with Crippen LogP contribution in [0.3, 0.4) is 0 Å². The first kappa shape index (κ1) is 16.0. The average Bonchev–Trinajstić information content (AvgIpc) is 3.07. The van der Waals surface area contributed by atoms with Gasteiger partial charge in [0.2, 0.25) is 0 Å². The van der Waals surface area contributed by atoms with Crippen LogP contribution in [-0.2, 0) is 6.61 Å². The first-order valence-corrected chi connectivity index (χ1v) is 8.50. The van der Waals surface area contributed by atoms with E-state index in [0.717, 1.165) is 20.8 Å². The standard InChI is InChI=1S/C20H13BrFNO2/c21-15-7-8-18(22)16(10-15)20-17(11-24)19(23-25-20)14-6-5-12-3-1-2-4-13(12)9-14/h1-10,24H,11H2. The Morgan fingerprint density at radius 2 is 1.80 bits per heavy atom. The zero-order valence-corrected chi connectivity index (χ0v) is 14.6. The highest BCUT2D eigenvalue weighted by atomic mass is 79.9. The fourth-order valence-corrected chi connectivity index (χ4v) is 3.26. The zero-order chi connectivity index (χ0) is 17.4. The molecule has 1 N–H and O–H groups in total. The van der Waals surface area contributed by atoms with Crippen LogP contribution in [0, 0.1) is 5.82 Å². The van der Waals surface area contributed by atoms with Crippen LogP contribution in [0.4, 0.5) is 4.39 Å². The third-order valence-electron chi connectivity index (χ3n) is 4.14. The van der Waals surface area contributed by atoms with Crippen LogP contribution >= 0.6 is 15.9 Å². The summed E-state index contributed by atoms with van der Waals surface area (Å²) in [4.78, 5) is 0. The van der Waals surface area contributed by atoms with Crippen molar-refractivity contribution in [3.63, 3.8) is 0 Å². The second kappa shape index (κ2) is 6.43. The highest BCUT2D eigenvalue weighted by Crippen LogP contribution is 2.35. The Kier molecular flexibility index (Phi) is 4.11. The summed E-state index contributed by atoms with van der Waals surface area (Å²) in [5.74, 6) is -0.191. The molecule has 0 atom stereocenters. The summed E-state index contributed by atoms with van der Waals surface area (Å²) in [6, 6.07) is 18.4. The number of aliphatic hydroxyl groups excluding tert-OH is 1. The molecule has 3 aromatic carbocycles. The molecule has 0 fully saturated rings. The van der Waals surface area contributed by atoms with Gasteiger partial charge >= 0.3 is 0 Å². The topological polar surface area (TPSA) is 46.3 Å². The highest BCUT2D eigenvalue weighted by Gasteiger charge is 2.21. The van der Waals surface area contributed by atoms with Gasteiger partial charge in [0.15, 0.2) is 5.76 Å². The van der Waals surface area contributed by atoms with E-state index in [1.165, 1.54) is 6.07 Å². The molecule has 0 aliphatic carbocycles. The maximum Gasteiger partial charge on any atom is 0.175 e. The lowest BCUT2D eigenvalue weighted by atomic mass is 10.00. The van der Waals surface area contributed by atoms with E-state index in [-0.39, 0.29) is 17.9 Å². The van der Waals surface area contributed by atoms with Gasteiger partial charge in [0.1, 0.15) is 11.5 Å². The van der Waals surface area contributed by atoms with Crippen molar-refractivity contribution in [2.45, 2.75) is 6.61 Å². The molecule has 3 nitrogen and oxygen atoms in total. The van der Waals surface area contributed by atoms with Gasteiger partial charge in [-0.3, -0.25) is 0 Å². The van der Waals surface area contributed by atoms with Crippen LogP contribution in [0.1, 0.15) is 5.56 Å². The molecular weight excluding hydrogens is 385 g/mol. The lowest BCUT2D eigenvalue weighted by molar-refractivity contribution is 0.281. The number of aromatic nitrogens is 1. The van der Waals surface area contributed by atoms with Crippen LogP contribution in [-0.4, -0.2) is 10.3 Å². The molecule has 0 saturated carbocycles. The summed E-state index contributed by atoms with van der Waals surface area (Å²) < 4.78 is 20.3. The van der Waals surface area contributed by atoms with Crippen LogP contribution in [0.5, 0.6) is 0 Å². The van der Waals surface area contributed by atoms with Crippen LogP contribution < -0.4 is 0 Å². The van der Waals surface area contributed by atoms with Crippen LogP contribution in [0.15, 0.2) is 69.7 Å². The molecule has 0 unspecified atom stereocenters. The number of benzene rings is 3. The number of rotatable bonds is 3. The van der Waals surface area contributed by atoms with E-state index in [4.69, 9.17) is 4.52 Å². The van der Waals surface area contributed by atoms with Crippen LogP contribution in [0.2, 0.25) is 0 Å². The normalized spacial score (nSPS) is 11.2. The molecule has 0 aliphatic heterocycles. The van der Waals surface area contributed by atoms with E-state index < -0.39 is 5.82 Å². The zero-order valence-electron chi connectivity index (χ0n) is 13.0. The minimum absolute atomic E-state index is 0.240. The van der Waals surface area contributed by atoms with Gasteiger partial charge < -0.3 is 9.63 Å².